The molecule has 0 aliphatic carbocycles. The highest BCUT2D eigenvalue weighted by Gasteiger charge is 2.26. The van der Waals surface area contributed by atoms with Crippen molar-refractivity contribution in [2.75, 3.05) is 0 Å². The van der Waals surface area contributed by atoms with E-state index in [0.29, 0.717) is 0 Å². The third-order valence-electron chi connectivity index (χ3n) is 1.13. The molecule has 0 heterocycles. The molecule has 7 heteroatoms. The van der Waals surface area contributed by atoms with Gasteiger partial charge >= 0.3 is 10.3 Å². The molecule has 0 atom stereocenters. The predicted octanol–water partition coefficient (Wildman–Crippen LogP) is 0.587. The Kier molecular flexibility index (Phi) is 2.47. The minimum atomic E-state index is -4.73. The Labute approximate surface area is 74.2 Å². The second kappa shape index (κ2) is 3.40. The van der Waals surface area contributed by atoms with Crippen molar-refractivity contribution in [1.82, 2.24) is 0 Å². The Morgan fingerprint density at radius 3 is 2.23 bits per heavy atom. The Bertz CT molecular complexity index is 398. The van der Waals surface area contributed by atoms with Gasteiger partial charge < -0.3 is 4.18 Å². The van der Waals surface area contributed by atoms with Crippen LogP contribution in [-0.2, 0) is 10.3 Å². The molecule has 0 N–H and O–H groups in total. The molecule has 0 radical (unpaired) electrons. The van der Waals surface area contributed by atoms with Crippen LogP contribution in [0.5, 0.6) is 5.75 Å². The summed E-state index contributed by atoms with van der Waals surface area (Å²) in [5, 5.41) is 9.92. The van der Waals surface area contributed by atoms with Crippen molar-refractivity contribution in [2.45, 2.75) is 0 Å². The molecule has 0 fully saturated rings. The Balaban J connectivity index is 2.88. The molecule has 70 valence electrons. The minimum absolute atomic E-state index is 0.0841. The molecule has 0 unspecified atom stereocenters. The van der Waals surface area contributed by atoms with Gasteiger partial charge in [0.1, 0.15) is 5.75 Å². The zero-order chi connectivity index (χ0) is 9.90. The van der Waals surface area contributed by atoms with Crippen LogP contribution in [0.1, 0.15) is 0 Å². The first-order chi connectivity index (χ1) is 6.02. The molecule has 0 aromatic heterocycles. The van der Waals surface area contributed by atoms with E-state index in [-0.39, 0.29) is 5.75 Å². The van der Waals surface area contributed by atoms with Gasteiger partial charge in [-0.3, -0.25) is 0 Å². The first-order valence-corrected chi connectivity index (χ1v) is 4.53. The highest BCUT2D eigenvalue weighted by Crippen LogP contribution is 2.11. The first kappa shape index (κ1) is 9.46. The molecular formula is C6H5NO5S. The van der Waals surface area contributed by atoms with Gasteiger partial charge in [0.25, 0.3) is 0 Å². The third-order valence-corrected chi connectivity index (χ3v) is 1.90. The molecule has 13 heavy (non-hydrogen) atoms. The maximum absolute atomic E-state index is 10.6. The van der Waals surface area contributed by atoms with E-state index in [9.17, 15) is 18.5 Å². The summed E-state index contributed by atoms with van der Waals surface area (Å²) in [4.78, 5) is 9.92. The number of nitro groups is 1. The Hall–Kier alpha value is -1.63. The van der Waals surface area contributed by atoms with Crippen molar-refractivity contribution >= 4 is 10.3 Å². The summed E-state index contributed by atoms with van der Waals surface area (Å²) in [7, 11) is -4.73. The number of para-hydroxylation sites is 1. The van der Waals surface area contributed by atoms with E-state index >= 15 is 0 Å². The van der Waals surface area contributed by atoms with Crippen LogP contribution in [0, 0.1) is 10.1 Å². The molecule has 0 aliphatic heterocycles. The molecule has 0 bridgehead atoms. The summed E-state index contributed by atoms with van der Waals surface area (Å²) in [6, 6.07) is 7.25. The topological polar surface area (TPSA) is 86.5 Å². The average molecular weight is 203 g/mol. The number of hydrogen-bond donors (Lipinski definition) is 0. The molecule has 0 aliphatic rings. The summed E-state index contributed by atoms with van der Waals surface area (Å²) in [6.07, 6.45) is 0. The van der Waals surface area contributed by atoms with E-state index in [4.69, 9.17) is 0 Å². The van der Waals surface area contributed by atoms with Crippen LogP contribution in [-0.4, -0.2) is 12.7 Å². The van der Waals surface area contributed by atoms with Crippen LogP contribution in [0.25, 0.3) is 0 Å². The van der Waals surface area contributed by atoms with Gasteiger partial charge in [-0.1, -0.05) is 18.2 Å². The fourth-order valence-electron chi connectivity index (χ4n) is 0.628. The molecule has 0 saturated carbocycles. The molecule has 1 aromatic rings. The van der Waals surface area contributed by atoms with Gasteiger partial charge in [0.2, 0.25) is 0 Å². The molecule has 0 spiro atoms. The number of benzene rings is 1. The van der Waals surface area contributed by atoms with E-state index < -0.39 is 14.6 Å². The molecular weight excluding hydrogens is 198 g/mol. The predicted molar refractivity (Wildman–Crippen MR) is 43.0 cm³/mol. The highest BCUT2D eigenvalue weighted by atomic mass is 32.2. The van der Waals surface area contributed by atoms with Crippen LogP contribution < -0.4 is 4.18 Å². The lowest BCUT2D eigenvalue weighted by atomic mass is 10.3. The number of hydrogen-bond acceptors (Lipinski definition) is 5. The maximum Gasteiger partial charge on any atom is 0.617 e. The quantitative estimate of drug-likeness (QED) is 0.530. The Morgan fingerprint density at radius 2 is 1.77 bits per heavy atom. The number of rotatable bonds is 3. The maximum atomic E-state index is 10.6. The second-order valence-corrected chi connectivity index (χ2v) is 3.37. The number of nitrogens with zero attached hydrogens (tertiary/aromatic N) is 1. The van der Waals surface area contributed by atoms with Crippen molar-refractivity contribution in [3.63, 3.8) is 0 Å². The fourth-order valence-corrected chi connectivity index (χ4v) is 1.04. The third kappa shape index (κ3) is 2.41. The molecule has 1 aromatic carbocycles. The van der Waals surface area contributed by atoms with Crippen molar-refractivity contribution in [1.29, 1.82) is 0 Å². The van der Waals surface area contributed by atoms with Gasteiger partial charge in [-0.25, -0.2) is 10.1 Å². The van der Waals surface area contributed by atoms with E-state index in [2.05, 4.69) is 4.18 Å². The standard InChI is InChI=1S/C6H5NO5S/c8-7(9)13(10,11)12-6-4-2-1-3-5-6/h1-5H. The van der Waals surface area contributed by atoms with Crippen molar-refractivity contribution in [3.8, 4) is 5.75 Å². The summed E-state index contributed by atoms with van der Waals surface area (Å²) >= 11 is 0. The summed E-state index contributed by atoms with van der Waals surface area (Å²) < 4.78 is 23.8. The molecule has 0 amide bonds. The fraction of sp³-hybridized carbons (Fsp3) is 0. The van der Waals surface area contributed by atoms with E-state index in [1.807, 2.05) is 0 Å². The lowest BCUT2D eigenvalue weighted by molar-refractivity contribution is -0.314. The second-order valence-electron chi connectivity index (χ2n) is 2.05. The SMILES string of the molecule is O=[N+]([O-])S(=O)(=O)Oc1ccccc1. The van der Waals surface area contributed by atoms with Crippen LogP contribution in [0.2, 0.25) is 0 Å². The Morgan fingerprint density at radius 1 is 1.23 bits per heavy atom. The van der Waals surface area contributed by atoms with Crippen LogP contribution in [0.3, 0.4) is 0 Å². The normalized spacial score (nSPS) is 10.8. The summed E-state index contributed by atoms with van der Waals surface area (Å²) in [5.74, 6) is -0.0841. The first-order valence-electron chi connectivity index (χ1n) is 3.16. The lowest BCUT2D eigenvalue weighted by Gasteiger charge is -1.97. The highest BCUT2D eigenvalue weighted by molar-refractivity contribution is 7.80. The zero-order valence-corrected chi connectivity index (χ0v) is 7.10. The van der Waals surface area contributed by atoms with E-state index in [1.54, 1.807) is 6.07 Å². The van der Waals surface area contributed by atoms with Gasteiger partial charge in [-0.2, -0.15) is 0 Å². The van der Waals surface area contributed by atoms with Crippen LogP contribution >= 0.6 is 0 Å². The molecule has 6 nitrogen and oxygen atoms in total. The largest absolute Gasteiger partial charge is 0.617 e. The van der Waals surface area contributed by atoms with Crippen molar-refractivity contribution in [2.24, 2.45) is 0 Å². The van der Waals surface area contributed by atoms with Gasteiger partial charge in [0.05, 0.1) is 0 Å². The molecule has 0 saturated heterocycles. The van der Waals surface area contributed by atoms with E-state index in [0.717, 1.165) is 0 Å². The van der Waals surface area contributed by atoms with Crippen molar-refractivity contribution in [3.05, 3.63) is 40.4 Å². The van der Waals surface area contributed by atoms with Gasteiger partial charge in [0.15, 0.2) is 4.33 Å². The van der Waals surface area contributed by atoms with Crippen LogP contribution in [0.15, 0.2) is 30.3 Å². The van der Waals surface area contributed by atoms with Gasteiger partial charge in [-0.15, -0.1) is 8.42 Å². The monoisotopic (exact) mass is 203 g/mol. The van der Waals surface area contributed by atoms with Gasteiger partial charge in [-0.05, 0) is 12.1 Å². The smallest absolute Gasteiger partial charge is 0.330 e. The average Bonchev–Trinajstić information content (AvgIpc) is 2.05. The summed E-state index contributed by atoms with van der Waals surface area (Å²) in [6.45, 7) is 0. The summed E-state index contributed by atoms with van der Waals surface area (Å²) in [5.41, 5.74) is 0. The van der Waals surface area contributed by atoms with Crippen molar-refractivity contribution < 1.29 is 16.9 Å². The lowest BCUT2D eigenvalue weighted by Crippen LogP contribution is -2.18. The molecule has 1 rings (SSSR count). The van der Waals surface area contributed by atoms with Crippen LogP contribution in [0.4, 0.5) is 0 Å². The van der Waals surface area contributed by atoms with Gasteiger partial charge in [0, 0.05) is 0 Å². The minimum Gasteiger partial charge on any atom is -0.330 e. The zero-order valence-electron chi connectivity index (χ0n) is 6.28. The van der Waals surface area contributed by atoms with E-state index in [1.165, 1.54) is 24.3 Å².